The smallest absolute Gasteiger partial charge is 0.132 e. The van der Waals surface area contributed by atoms with Crippen LogP contribution in [-0.2, 0) is 10.1 Å². The summed E-state index contributed by atoms with van der Waals surface area (Å²) in [5.41, 5.74) is 1.34. The molecule has 0 heterocycles. The summed E-state index contributed by atoms with van der Waals surface area (Å²) in [6, 6.07) is 17.6. The van der Waals surface area contributed by atoms with Gasteiger partial charge < -0.3 is 4.55 Å². The quantitative estimate of drug-likeness (QED) is 0.631. The summed E-state index contributed by atoms with van der Waals surface area (Å²) in [5.74, 6) is 0. The second kappa shape index (κ2) is 6.65. The van der Waals surface area contributed by atoms with Crippen LogP contribution in [0.15, 0.2) is 65.6 Å². The van der Waals surface area contributed by atoms with Crippen molar-refractivity contribution in [1.29, 1.82) is 0 Å². The molecule has 0 aliphatic heterocycles. The lowest BCUT2D eigenvalue weighted by atomic mass is 10.3. The summed E-state index contributed by atoms with van der Waals surface area (Å²) in [4.78, 5) is -0.185. The molecule has 20 heavy (non-hydrogen) atoms. The summed E-state index contributed by atoms with van der Waals surface area (Å²) in [6.07, 6.45) is 0. The van der Waals surface area contributed by atoms with Crippen LogP contribution in [0.3, 0.4) is 0 Å². The van der Waals surface area contributed by atoms with E-state index in [0.717, 1.165) is 4.48 Å². The van der Waals surface area contributed by atoms with E-state index >= 15 is 0 Å². The molecule has 0 spiro atoms. The van der Waals surface area contributed by atoms with Gasteiger partial charge in [0.2, 0.25) is 0 Å². The van der Waals surface area contributed by atoms with Gasteiger partial charge in [-0.25, -0.2) is 8.42 Å². The fourth-order valence-corrected chi connectivity index (χ4v) is 1.95. The van der Waals surface area contributed by atoms with E-state index in [0.29, 0.717) is 0 Å². The first-order valence-electron chi connectivity index (χ1n) is 6.09. The summed E-state index contributed by atoms with van der Waals surface area (Å²) >= 11 is 0. The van der Waals surface area contributed by atoms with Crippen LogP contribution in [0.4, 0.5) is 5.69 Å². The summed E-state index contributed by atoms with van der Waals surface area (Å²) in [6.45, 7) is 0. The zero-order chi connectivity index (χ0) is 15.2. The lowest BCUT2D eigenvalue weighted by molar-refractivity contribution is 0.463. The van der Waals surface area contributed by atoms with Crippen molar-refractivity contribution in [2.45, 2.75) is 4.90 Å². The maximum atomic E-state index is 10.3. The highest BCUT2D eigenvalue weighted by molar-refractivity contribution is 7.85. The third-order valence-electron chi connectivity index (χ3n) is 2.56. The van der Waals surface area contributed by atoms with Crippen LogP contribution in [0.25, 0.3) is 0 Å². The van der Waals surface area contributed by atoms with Crippen LogP contribution in [0, 0.1) is 0 Å². The lowest BCUT2D eigenvalue weighted by Gasteiger charge is -2.22. The molecule has 2 aromatic rings. The van der Waals surface area contributed by atoms with Gasteiger partial charge >= 0.3 is 0 Å². The Hall–Kier alpha value is -1.69. The zero-order valence-corrected chi connectivity index (χ0v) is 12.7. The molecule has 2 rings (SSSR count). The maximum Gasteiger partial charge on any atom is 0.132 e. The van der Waals surface area contributed by atoms with Crippen LogP contribution in [0.5, 0.6) is 0 Å². The normalized spacial score (nSPS) is 11.4. The molecule has 0 atom stereocenters. The number of nitrogens with zero attached hydrogens (tertiary/aromatic N) is 1. The minimum absolute atomic E-state index is 0.185. The molecule has 0 aliphatic rings. The highest BCUT2D eigenvalue weighted by Crippen LogP contribution is 2.14. The van der Waals surface area contributed by atoms with Gasteiger partial charge in [-0.2, -0.15) is 0 Å². The Bertz CT molecular complexity index is 617. The molecule has 0 N–H and O–H groups in total. The molecule has 0 unspecified atom stereocenters. The van der Waals surface area contributed by atoms with Crippen molar-refractivity contribution >= 4 is 15.8 Å². The second-order valence-corrected chi connectivity index (χ2v) is 6.49. The van der Waals surface area contributed by atoms with Crippen molar-refractivity contribution < 1.29 is 13.0 Å². The topological polar surface area (TPSA) is 57.2 Å². The molecule has 108 valence electrons. The SMILES string of the molecule is C[N+](C)(C)c1ccccc1.O=S(=O)([O-])c1ccccc1. The standard InChI is InChI=1S/C9H14N.C6H6O3S/c1-10(2,3)9-7-5-4-6-8-9;7-10(8,9)6-4-2-1-3-5-6/h4-8H,1-3H3;1-5H,(H,7,8,9)/q+1;/p-1. The molecule has 0 amide bonds. The molecular weight excluding hydrogens is 274 g/mol. The van der Waals surface area contributed by atoms with Crippen LogP contribution < -0.4 is 4.48 Å². The highest BCUT2D eigenvalue weighted by atomic mass is 32.2. The van der Waals surface area contributed by atoms with Crippen LogP contribution in [0.2, 0.25) is 0 Å². The van der Waals surface area contributed by atoms with E-state index < -0.39 is 10.1 Å². The summed E-state index contributed by atoms with van der Waals surface area (Å²) in [7, 11) is 2.23. The number of para-hydroxylation sites is 1. The molecule has 0 radical (unpaired) electrons. The third-order valence-corrected chi connectivity index (χ3v) is 3.41. The van der Waals surface area contributed by atoms with Crippen molar-refractivity contribution in [3.05, 3.63) is 60.7 Å². The summed E-state index contributed by atoms with van der Waals surface area (Å²) in [5, 5.41) is 0. The van der Waals surface area contributed by atoms with Crippen molar-refractivity contribution in [1.82, 2.24) is 4.48 Å². The maximum absolute atomic E-state index is 10.3. The van der Waals surface area contributed by atoms with Crippen LogP contribution >= 0.6 is 0 Å². The van der Waals surface area contributed by atoms with E-state index in [4.69, 9.17) is 0 Å². The number of quaternary nitrogens is 1. The molecule has 0 bridgehead atoms. The monoisotopic (exact) mass is 293 g/mol. The first-order chi connectivity index (χ1) is 9.21. The highest BCUT2D eigenvalue weighted by Gasteiger charge is 2.08. The fourth-order valence-electron chi connectivity index (χ4n) is 1.46. The third kappa shape index (κ3) is 5.52. The Morgan fingerprint density at radius 1 is 0.800 bits per heavy atom. The molecule has 2 aromatic carbocycles. The van der Waals surface area contributed by atoms with Crippen molar-refractivity contribution in [2.24, 2.45) is 0 Å². The lowest BCUT2D eigenvalue weighted by Crippen LogP contribution is -2.34. The number of rotatable bonds is 2. The average molecular weight is 293 g/mol. The second-order valence-electron chi connectivity index (χ2n) is 5.12. The van der Waals surface area contributed by atoms with Crippen molar-refractivity contribution in [3.63, 3.8) is 0 Å². The zero-order valence-electron chi connectivity index (χ0n) is 11.9. The Labute approximate surface area is 120 Å². The molecule has 0 fully saturated rings. The molecule has 0 aromatic heterocycles. The summed E-state index contributed by atoms with van der Waals surface area (Å²) < 4.78 is 31.7. The minimum atomic E-state index is -4.25. The minimum Gasteiger partial charge on any atom is -0.744 e. The average Bonchev–Trinajstić information content (AvgIpc) is 2.40. The van der Waals surface area contributed by atoms with E-state index in [2.05, 4.69) is 45.4 Å². The number of hydrogen-bond donors (Lipinski definition) is 0. The van der Waals surface area contributed by atoms with Gasteiger partial charge in [-0.3, -0.25) is 4.48 Å². The first kappa shape index (κ1) is 16.4. The van der Waals surface area contributed by atoms with E-state index in [1.807, 2.05) is 6.07 Å². The van der Waals surface area contributed by atoms with Crippen molar-refractivity contribution in [2.75, 3.05) is 21.1 Å². The molecule has 0 saturated carbocycles. The molecule has 0 saturated heterocycles. The van der Waals surface area contributed by atoms with Gasteiger partial charge in [0.1, 0.15) is 15.8 Å². The number of hydrogen-bond acceptors (Lipinski definition) is 3. The van der Waals surface area contributed by atoms with Crippen molar-refractivity contribution in [3.8, 4) is 0 Å². The van der Waals surface area contributed by atoms with Crippen LogP contribution in [0.1, 0.15) is 0 Å². The number of benzene rings is 2. The van der Waals surface area contributed by atoms with E-state index in [1.165, 1.54) is 30.0 Å². The Morgan fingerprint density at radius 2 is 1.20 bits per heavy atom. The molecular formula is C15H19NO3S. The molecule has 5 heteroatoms. The predicted molar refractivity (Wildman–Crippen MR) is 80.4 cm³/mol. The van der Waals surface area contributed by atoms with Gasteiger partial charge in [0.15, 0.2) is 0 Å². The van der Waals surface area contributed by atoms with E-state index in [-0.39, 0.29) is 4.90 Å². The fraction of sp³-hybridized carbons (Fsp3) is 0.200. The largest absolute Gasteiger partial charge is 0.744 e. The van der Waals surface area contributed by atoms with E-state index in [1.54, 1.807) is 6.07 Å². The molecule has 4 nitrogen and oxygen atoms in total. The van der Waals surface area contributed by atoms with Gasteiger partial charge in [0, 0.05) is 0 Å². The Morgan fingerprint density at radius 3 is 1.45 bits per heavy atom. The van der Waals surface area contributed by atoms with Gasteiger partial charge in [-0.15, -0.1) is 0 Å². The van der Waals surface area contributed by atoms with Gasteiger partial charge in [0.05, 0.1) is 26.0 Å². The first-order valence-corrected chi connectivity index (χ1v) is 7.50. The predicted octanol–water partition coefficient (Wildman–Crippen LogP) is 2.47. The Kier molecular flexibility index (Phi) is 5.44. The molecule has 0 aliphatic carbocycles. The van der Waals surface area contributed by atoms with Gasteiger partial charge in [0.25, 0.3) is 0 Å². The van der Waals surface area contributed by atoms with Gasteiger partial charge in [-0.1, -0.05) is 36.4 Å². The van der Waals surface area contributed by atoms with E-state index in [9.17, 15) is 13.0 Å². The Balaban J connectivity index is 0.000000200. The van der Waals surface area contributed by atoms with Gasteiger partial charge in [-0.05, 0) is 24.3 Å². The van der Waals surface area contributed by atoms with Crippen LogP contribution in [-0.4, -0.2) is 34.1 Å².